The summed E-state index contributed by atoms with van der Waals surface area (Å²) in [7, 11) is 6.24. The van der Waals surface area contributed by atoms with Crippen LogP contribution in [0.15, 0.2) is 58.9 Å². The van der Waals surface area contributed by atoms with E-state index in [1.807, 2.05) is 31.2 Å². The highest BCUT2D eigenvalue weighted by molar-refractivity contribution is 6.04. The number of allylic oxidation sites excluding steroid dienone is 3. The number of dihydropyridines is 1. The third kappa shape index (κ3) is 5.51. The molecule has 0 unspecified atom stereocenters. The molecule has 0 radical (unpaired) electrons. The molecule has 2 aliphatic heterocycles. The van der Waals surface area contributed by atoms with E-state index in [-0.39, 0.29) is 30.8 Å². The fraction of sp³-hybridized carbons (Fsp3) is 0.438. The maximum Gasteiger partial charge on any atom is 0.336 e. The zero-order chi connectivity index (χ0) is 29.1. The minimum absolute atomic E-state index is 0.0506. The number of ketones is 1. The summed E-state index contributed by atoms with van der Waals surface area (Å²) in [6, 6.07) is 11.4. The Bertz CT molecular complexity index is 1360. The van der Waals surface area contributed by atoms with Crippen LogP contribution >= 0.6 is 0 Å². The molecule has 3 atom stereocenters. The lowest BCUT2D eigenvalue weighted by Crippen LogP contribution is -2.36. The lowest BCUT2D eigenvalue weighted by molar-refractivity contribution is -0.142. The number of hydrogen-bond acceptors (Lipinski definition) is 9. The number of para-hydroxylation sites is 1. The second-order valence-electron chi connectivity index (χ2n) is 10.5. The molecule has 0 saturated carbocycles. The van der Waals surface area contributed by atoms with Crippen LogP contribution in [0.3, 0.4) is 0 Å². The van der Waals surface area contributed by atoms with Crippen LogP contribution in [0.2, 0.25) is 0 Å². The molecule has 2 aromatic carbocycles. The van der Waals surface area contributed by atoms with Gasteiger partial charge in [-0.15, -0.1) is 0 Å². The van der Waals surface area contributed by atoms with Gasteiger partial charge in [0.1, 0.15) is 12.4 Å². The maximum atomic E-state index is 14.0. The number of nitrogens with one attached hydrogen (secondary N) is 1. The van der Waals surface area contributed by atoms with Crippen LogP contribution in [0.5, 0.6) is 23.0 Å². The molecule has 1 N–H and O–H groups in total. The van der Waals surface area contributed by atoms with Gasteiger partial charge in [-0.25, -0.2) is 4.79 Å². The molecule has 0 spiro atoms. The van der Waals surface area contributed by atoms with Crippen LogP contribution in [-0.4, -0.2) is 59.5 Å². The first-order valence-electron chi connectivity index (χ1n) is 13.9. The van der Waals surface area contributed by atoms with E-state index >= 15 is 0 Å². The molecule has 5 rings (SSSR count). The van der Waals surface area contributed by atoms with Gasteiger partial charge < -0.3 is 33.7 Å². The van der Waals surface area contributed by atoms with Gasteiger partial charge in [0, 0.05) is 41.8 Å². The van der Waals surface area contributed by atoms with Gasteiger partial charge in [0.05, 0.1) is 40.1 Å². The van der Waals surface area contributed by atoms with Crippen LogP contribution in [0.1, 0.15) is 55.6 Å². The summed E-state index contributed by atoms with van der Waals surface area (Å²) in [6.45, 7) is 2.67. The molecule has 0 bridgehead atoms. The Morgan fingerprint density at radius 1 is 0.976 bits per heavy atom. The SMILES string of the molecule is COc1ccccc1[C@@H]1CC(=O)C2=C(C1)NC(C)=C(C(=O)OC[C@H]1CCCO1)[C@H]2c1cc(OC)c(OC)c(OC)c1. The second-order valence-corrected chi connectivity index (χ2v) is 10.5. The average molecular weight is 564 g/mol. The highest BCUT2D eigenvalue weighted by atomic mass is 16.6. The highest BCUT2D eigenvalue weighted by Crippen LogP contribution is 2.49. The van der Waals surface area contributed by atoms with E-state index in [9.17, 15) is 9.59 Å². The van der Waals surface area contributed by atoms with Crippen LogP contribution in [0.25, 0.3) is 0 Å². The Kier molecular flexibility index (Phi) is 8.54. The lowest BCUT2D eigenvalue weighted by Gasteiger charge is -2.37. The Balaban J connectivity index is 1.59. The first-order chi connectivity index (χ1) is 19.9. The third-order valence-corrected chi connectivity index (χ3v) is 8.07. The number of carbonyl (C=O) groups is 2. The molecule has 9 nitrogen and oxygen atoms in total. The molecule has 9 heteroatoms. The topological polar surface area (TPSA) is 102 Å². The molecular weight excluding hydrogens is 526 g/mol. The Morgan fingerprint density at radius 3 is 2.32 bits per heavy atom. The van der Waals surface area contributed by atoms with Crippen LogP contribution in [0.4, 0.5) is 0 Å². The molecule has 3 aliphatic rings. The van der Waals surface area contributed by atoms with Crippen molar-refractivity contribution < 1.29 is 38.0 Å². The van der Waals surface area contributed by atoms with Crippen molar-refractivity contribution >= 4 is 11.8 Å². The zero-order valence-electron chi connectivity index (χ0n) is 24.2. The summed E-state index contributed by atoms with van der Waals surface area (Å²) < 4.78 is 33.8. The summed E-state index contributed by atoms with van der Waals surface area (Å²) in [6.07, 6.45) is 2.52. The molecule has 218 valence electrons. The number of esters is 1. The van der Waals surface area contributed by atoms with E-state index in [4.69, 9.17) is 28.4 Å². The molecule has 1 saturated heterocycles. The number of rotatable bonds is 9. The lowest BCUT2D eigenvalue weighted by atomic mass is 9.71. The molecule has 1 aliphatic carbocycles. The molecule has 2 heterocycles. The number of methoxy groups -OCH3 is 4. The summed E-state index contributed by atoms with van der Waals surface area (Å²) >= 11 is 0. The van der Waals surface area contributed by atoms with Crippen molar-refractivity contribution in [2.75, 3.05) is 41.7 Å². The summed E-state index contributed by atoms with van der Waals surface area (Å²) in [4.78, 5) is 27.8. The molecule has 0 amide bonds. The smallest absolute Gasteiger partial charge is 0.336 e. The van der Waals surface area contributed by atoms with Gasteiger partial charge in [0.25, 0.3) is 0 Å². The van der Waals surface area contributed by atoms with E-state index in [1.165, 1.54) is 21.3 Å². The van der Waals surface area contributed by atoms with Crippen molar-refractivity contribution in [3.8, 4) is 23.0 Å². The van der Waals surface area contributed by atoms with E-state index in [1.54, 1.807) is 19.2 Å². The Morgan fingerprint density at radius 2 is 1.68 bits per heavy atom. The monoisotopic (exact) mass is 563 g/mol. The van der Waals surface area contributed by atoms with Gasteiger partial charge in [-0.3, -0.25) is 4.79 Å². The highest BCUT2D eigenvalue weighted by Gasteiger charge is 2.42. The van der Waals surface area contributed by atoms with Gasteiger partial charge in [-0.1, -0.05) is 18.2 Å². The second kappa shape index (κ2) is 12.3. The van der Waals surface area contributed by atoms with Crippen LogP contribution in [0, 0.1) is 0 Å². The zero-order valence-corrected chi connectivity index (χ0v) is 24.2. The number of benzene rings is 2. The predicted molar refractivity (Wildman–Crippen MR) is 152 cm³/mol. The van der Waals surface area contributed by atoms with Gasteiger partial charge in [-0.2, -0.15) is 0 Å². The first-order valence-corrected chi connectivity index (χ1v) is 13.9. The van der Waals surface area contributed by atoms with Crippen molar-refractivity contribution in [2.45, 2.75) is 50.5 Å². The van der Waals surface area contributed by atoms with Crippen molar-refractivity contribution in [1.29, 1.82) is 0 Å². The summed E-state index contributed by atoms with van der Waals surface area (Å²) in [5.74, 6) is 0.730. The number of Topliss-reactive ketones (excluding diaryl/α,β-unsaturated/α-hetero) is 1. The van der Waals surface area contributed by atoms with Crippen molar-refractivity contribution in [3.05, 3.63) is 70.1 Å². The average Bonchev–Trinajstić information content (AvgIpc) is 3.52. The molecule has 0 aromatic heterocycles. The number of ether oxygens (including phenoxy) is 6. The molecule has 41 heavy (non-hydrogen) atoms. The Labute approximate surface area is 240 Å². The number of carbonyl (C=O) groups excluding carboxylic acids is 2. The number of hydrogen-bond donors (Lipinski definition) is 1. The van der Waals surface area contributed by atoms with E-state index in [0.29, 0.717) is 52.7 Å². The van der Waals surface area contributed by atoms with Gasteiger partial charge in [-0.05, 0) is 55.5 Å². The largest absolute Gasteiger partial charge is 0.496 e. The van der Waals surface area contributed by atoms with E-state index < -0.39 is 11.9 Å². The normalized spacial score (nSPS) is 22.2. The van der Waals surface area contributed by atoms with Crippen LogP contribution < -0.4 is 24.3 Å². The maximum absolute atomic E-state index is 14.0. The van der Waals surface area contributed by atoms with Gasteiger partial charge in [0.15, 0.2) is 17.3 Å². The van der Waals surface area contributed by atoms with Crippen molar-refractivity contribution in [3.63, 3.8) is 0 Å². The summed E-state index contributed by atoms with van der Waals surface area (Å²) in [5.41, 5.74) is 3.98. The molecule has 2 aromatic rings. The first kappa shape index (κ1) is 28.5. The van der Waals surface area contributed by atoms with E-state index in [2.05, 4.69) is 5.32 Å². The fourth-order valence-corrected chi connectivity index (χ4v) is 6.16. The quantitative estimate of drug-likeness (QED) is 0.431. The minimum Gasteiger partial charge on any atom is -0.496 e. The van der Waals surface area contributed by atoms with E-state index in [0.717, 1.165) is 29.9 Å². The standard InChI is InChI=1S/C32H37NO8/c1-18-28(32(35)41-17-21-9-8-12-40-21)29(20-15-26(37-3)31(39-5)27(16-20)38-4)30-23(33-18)13-19(14-24(30)34)22-10-6-7-11-25(22)36-2/h6-7,10-11,15-16,19,21,29,33H,8-9,12-14,17H2,1-5H3/t19-,21+,29+/m0/s1. The van der Waals surface area contributed by atoms with Crippen molar-refractivity contribution in [1.82, 2.24) is 5.32 Å². The third-order valence-electron chi connectivity index (χ3n) is 8.07. The molecule has 1 fully saturated rings. The predicted octanol–water partition coefficient (Wildman–Crippen LogP) is 4.80. The Hall–Kier alpha value is -3.98. The van der Waals surface area contributed by atoms with Crippen LogP contribution in [-0.2, 0) is 19.1 Å². The van der Waals surface area contributed by atoms with Crippen molar-refractivity contribution in [2.24, 2.45) is 0 Å². The van der Waals surface area contributed by atoms with Gasteiger partial charge >= 0.3 is 5.97 Å². The van der Waals surface area contributed by atoms with Gasteiger partial charge in [0.2, 0.25) is 5.75 Å². The fourth-order valence-electron chi connectivity index (χ4n) is 6.16. The molecular formula is C32H37NO8. The minimum atomic E-state index is -0.692. The summed E-state index contributed by atoms with van der Waals surface area (Å²) in [5, 5.41) is 3.40.